The highest BCUT2D eigenvalue weighted by atomic mass is 32.1. The van der Waals surface area contributed by atoms with Gasteiger partial charge in [-0.2, -0.15) is 5.10 Å². The number of H-pyrrole nitrogens is 1. The summed E-state index contributed by atoms with van der Waals surface area (Å²) in [5.74, 6) is -0.587. The monoisotopic (exact) mass is 429 g/mol. The molecule has 8 heteroatoms. The minimum absolute atomic E-state index is 0.110. The lowest BCUT2D eigenvalue weighted by Gasteiger charge is -2.11. The molecular formula is C22H27N3O4S. The first-order valence-corrected chi connectivity index (χ1v) is 10.7. The number of esters is 1. The van der Waals surface area contributed by atoms with Crippen LogP contribution in [0.25, 0.3) is 10.2 Å². The van der Waals surface area contributed by atoms with Gasteiger partial charge in [-0.1, -0.05) is 13.8 Å². The molecule has 160 valence electrons. The number of nitrogens with one attached hydrogen (secondary N) is 1. The van der Waals surface area contributed by atoms with E-state index in [1.54, 1.807) is 26.8 Å². The molecule has 0 aliphatic heterocycles. The van der Waals surface area contributed by atoms with Crippen molar-refractivity contribution >= 4 is 39.1 Å². The van der Waals surface area contributed by atoms with Crippen molar-refractivity contribution < 1.29 is 19.1 Å². The Morgan fingerprint density at radius 1 is 1.20 bits per heavy atom. The molecule has 0 saturated heterocycles. The number of hydrogen-bond acceptors (Lipinski definition) is 6. The molecule has 1 N–H and O–H groups in total. The van der Waals surface area contributed by atoms with Gasteiger partial charge in [0, 0.05) is 23.2 Å². The topological polar surface area (TPSA) is 94.0 Å². The van der Waals surface area contributed by atoms with Crippen LogP contribution in [0.4, 0.5) is 0 Å². The van der Waals surface area contributed by atoms with Gasteiger partial charge in [0.25, 0.3) is 0 Å². The molecule has 7 nitrogen and oxygen atoms in total. The molecule has 1 unspecified atom stereocenters. The Hall–Kier alpha value is -2.74. The highest BCUT2D eigenvalue weighted by Gasteiger charge is 2.27. The minimum atomic E-state index is -0.979. The number of aromatic nitrogens is 3. The Kier molecular flexibility index (Phi) is 5.99. The Bertz CT molecular complexity index is 1150. The molecule has 0 saturated carbocycles. The van der Waals surface area contributed by atoms with Crippen molar-refractivity contribution in [3.63, 3.8) is 0 Å². The normalized spacial score (nSPS) is 12.5. The smallest absolute Gasteiger partial charge is 0.349 e. The molecular weight excluding hydrogens is 402 g/mol. The summed E-state index contributed by atoms with van der Waals surface area (Å²) in [7, 11) is 0. The van der Waals surface area contributed by atoms with E-state index in [1.807, 2.05) is 11.6 Å². The fourth-order valence-electron chi connectivity index (χ4n) is 3.68. The maximum Gasteiger partial charge on any atom is 0.349 e. The lowest BCUT2D eigenvalue weighted by Crippen LogP contribution is -2.25. The molecule has 30 heavy (non-hydrogen) atoms. The summed E-state index contributed by atoms with van der Waals surface area (Å²) < 4.78 is 7.38. The average molecular weight is 430 g/mol. The largest absolute Gasteiger partial charge is 0.450 e. The number of rotatable bonds is 7. The molecule has 1 atom stereocenters. The van der Waals surface area contributed by atoms with Crippen molar-refractivity contribution in [3.05, 3.63) is 39.2 Å². The van der Waals surface area contributed by atoms with E-state index in [4.69, 9.17) is 4.74 Å². The van der Waals surface area contributed by atoms with E-state index in [1.165, 1.54) is 18.3 Å². The standard InChI is InChI=1S/C22H27N3O4S/c1-10(2)9-25-21-16(12(4)24-25)8-17(30-21)22(28)29-15(7)20(27)19-11(3)18(14(6)26)13(5)23-19/h8,10,15,23H,9H2,1-7H3. The van der Waals surface area contributed by atoms with Gasteiger partial charge in [0.1, 0.15) is 9.71 Å². The van der Waals surface area contributed by atoms with E-state index in [2.05, 4.69) is 23.9 Å². The van der Waals surface area contributed by atoms with Crippen molar-refractivity contribution in [1.29, 1.82) is 0 Å². The number of carbonyl (C=O) groups is 3. The van der Waals surface area contributed by atoms with Gasteiger partial charge >= 0.3 is 5.97 Å². The molecule has 0 amide bonds. The first-order chi connectivity index (χ1) is 14.0. The number of Topliss-reactive ketones (excluding diaryl/α,β-unsaturated/α-hetero) is 2. The predicted octanol–water partition coefficient (Wildman–Crippen LogP) is 4.64. The Morgan fingerprint density at radius 3 is 2.43 bits per heavy atom. The Labute approximate surface area is 179 Å². The number of carbonyl (C=O) groups excluding carboxylic acids is 3. The summed E-state index contributed by atoms with van der Waals surface area (Å²) in [6.45, 7) is 13.4. The lowest BCUT2D eigenvalue weighted by molar-refractivity contribution is 0.0321. The van der Waals surface area contributed by atoms with Crippen LogP contribution in [0, 0.1) is 26.7 Å². The first kappa shape index (κ1) is 22.0. The van der Waals surface area contributed by atoms with Crippen LogP contribution in [0.15, 0.2) is 6.07 Å². The van der Waals surface area contributed by atoms with Gasteiger partial charge in [-0.15, -0.1) is 11.3 Å². The maximum absolute atomic E-state index is 12.8. The zero-order valence-electron chi connectivity index (χ0n) is 18.4. The third kappa shape index (κ3) is 3.96. The van der Waals surface area contributed by atoms with Gasteiger partial charge in [-0.25, -0.2) is 4.79 Å². The summed E-state index contributed by atoms with van der Waals surface area (Å²) in [6.07, 6.45) is -0.979. The number of aryl methyl sites for hydroxylation is 2. The number of aromatic amines is 1. The molecule has 0 radical (unpaired) electrons. The Morgan fingerprint density at radius 2 is 1.87 bits per heavy atom. The summed E-state index contributed by atoms with van der Waals surface area (Å²) in [5, 5.41) is 5.47. The quantitative estimate of drug-likeness (QED) is 0.436. The number of fused-ring (bicyclic) bond motifs is 1. The van der Waals surface area contributed by atoms with Gasteiger partial charge in [0.2, 0.25) is 5.78 Å². The van der Waals surface area contributed by atoms with Crippen molar-refractivity contribution in [2.24, 2.45) is 5.92 Å². The third-order valence-corrected chi connectivity index (χ3v) is 6.16. The molecule has 0 fully saturated rings. The van der Waals surface area contributed by atoms with Crippen LogP contribution in [-0.2, 0) is 11.3 Å². The number of hydrogen-bond donors (Lipinski definition) is 1. The number of thiophene rings is 1. The summed E-state index contributed by atoms with van der Waals surface area (Å²) in [6, 6.07) is 1.77. The van der Waals surface area contributed by atoms with Gasteiger partial charge < -0.3 is 9.72 Å². The highest BCUT2D eigenvalue weighted by Crippen LogP contribution is 2.30. The number of ketones is 2. The molecule has 3 aromatic rings. The fraction of sp³-hybridized carbons (Fsp3) is 0.455. The van der Waals surface area contributed by atoms with E-state index in [0.29, 0.717) is 33.3 Å². The second-order valence-electron chi connectivity index (χ2n) is 8.08. The highest BCUT2D eigenvalue weighted by molar-refractivity contribution is 7.20. The number of nitrogens with zero attached hydrogens (tertiary/aromatic N) is 2. The molecule has 0 aliphatic carbocycles. The van der Waals surface area contributed by atoms with Crippen LogP contribution in [0.1, 0.15) is 75.2 Å². The Balaban J connectivity index is 1.81. The summed E-state index contributed by atoms with van der Waals surface area (Å²) in [5.41, 5.74) is 2.89. The second-order valence-corrected chi connectivity index (χ2v) is 9.11. The van der Waals surface area contributed by atoms with E-state index in [-0.39, 0.29) is 11.6 Å². The molecule has 3 aromatic heterocycles. The minimum Gasteiger partial charge on any atom is -0.450 e. The van der Waals surface area contributed by atoms with Gasteiger partial charge in [-0.3, -0.25) is 14.3 Å². The van der Waals surface area contributed by atoms with Crippen LogP contribution in [0.5, 0.6) is 0 Å². The molecule has 3 heterocycles. The van der Waals surface area contributed by atoms with E-state index in [0.717, 1.165) is 22.5 Å². The van der Waals surface area contributed by atoms with Gasteiger partial charge in [0.15, 0.2) is 11.9 Å². The van der Waals surface area contributed by atoms with E-state index < -0.39 is 12.1 Å². The zero-order valence-corrected chi connectivity index (χ0v) is 19.2. The van der Waals surface area contributed by atoms with Crippen LogP contribution >= 0.6 is 11.3 Å². The van der Waals surface area contributed by atoms with Gasteiger partial charge in [0.05, 0.1) is 11.4 Å². The van der Waals surface area contributed by atoms with Crippen LogP contribution in [0.3, 0.4) is 0 Å². The lowest BCUT2D eigenvalue weighted by atomic mass is 10.0. The van der Waals surface area contributed by atoms with Crippen molar-refractivity contribution in [1.82, 2.24) is 14.8 Å². The molecule has 3 rings (SSSR count). The second kappa shape index (κ2) is 8.18. The summed E-state index contributed by atoms with van der Waals surface area (Å²) in [4.78, 5) is 41.7. The van der Waals surface area contributed by atoms with Gasteiger partial charge in [-0.05, 0) is 52.2 Å². The van der Waals surface area contributed by atoms with E-state index in [9.17, 15) is 14.4 Å². The SMILES string of the molecule is CC(=O)c1c(C)[nH]c(C(=O)C(C)OC(=O)c2cc3c(C)nn(CC(C)C)c3s2)c1C. The van der Waals surface area contributed by atoms with Crippen LogP contribution < -0.4 is 0 Å². The zero-order chi connectivity index (χ0) is 22.3. The molecule has 0 aliphatic rings. The van der Waals surface area contributed by atoms with Crippen LogP contribution in [-0.4, -0.2) is 38.4 Å². The number of ether oxygens (including phenoxy) is 1. The van der Waals surface area contributed by atoms with Crippen LogP contribution in [0.2, 0.25) is 0 Å². The summed E-state index contributed by atoms with van der Waals surface area (Å²) >= 11 is 1.32. The van der Waals surface area contributed by atoms with Crippen molar-refractivity contribution in [2.75, 3.05) is 0 Å². The molecule has 0 aromatic carbocycles. The predicted molar refractivity (Wildman–Crippen MR) is 117 cm³/mol. The first-order valence-electron chi connectivity index (χ1n) is 9.93. The molecule has 0 spiro atoms. The van der Waals surface area contributed by atoms with Crippen molar-refractivity contribution in [3.8, 4) is 0 Å². The van der Waals surface area contributed by atoms with Crippen molar-refractivity contribution in [2.45, 2.75) is 61.1 Å². The fourth-order valence-corrected chi connectivity index (χ4v) is 4.74. The maximum atomic E-state index is 12.8. The third-order valence-electron chi connectivity index (χ3n) is 5.04. The average Bonchev–Trinajstić information content (AvgIpc) is 3.28. The molecule has 0 bridgehead atoms. The van der Waals surface area contributed by atoms with E-state index >= 15 is 0 Å².